The fraction of sp³-hybridized carbons (Fsp3) is 0.222. The Morgan fingerprint density at radius 2 is 1.83 bits per heavy atom. The summed E-state index contributed by atoms with van der Waals surface area (Å²) >= 11 is 0. The first-order valence-corrected chi connectivity index (χ1v) is 9.55. The summed E-state index contributed by atoms with van der Waals surface area (Å²) in [7, 11) is -4.44. The lowest BCUT2D eigenvalue weighted by Gasteiger charge is -2.22. The van der Waals surface area contributed by atoms with Crippen molar-refractivity contribution in [3.63, 3.8) is 0 Å². The standard InChI is InChI=1S/C18H14F4N2O4S/c1-17(26,10-29(27,28)15-5-3-2-4-14(15)19)16(25)24-12-7-6-11(9-23)13(8-12)18(20,21)22/h2-8,26H,10H2,1H3,(H,24,25)/t17-/m1/s1. The van der Waals surface area contributed by atoms with E-state index >= 15 is 0 Å². The van der Waals surface area contributed by atoms with Gasteiger partial charge in [-0.3, -0.25) is 4.79 Å². The molecule has 2 aromatic rings. The number of nitrogens with one attached hydrogen (secondary N) is 1. The molecule has 1 amide bonds. The van der Waals surface area contributed by atoms with Crippen LogP contribution in [0.2, 0.25) is 0 Å². The minimum Gasteiger partial charge on any atom is -0.379 e. The van der Waals surface area contributed by atoms with Crippen LogP contribution in [0.4, 0.5) is 23.2 Å². The quantitative estimate of drug-likeness (QED) is 0.710. The van der Waals surface area contributed by atoms with Gasteiger partial charge in [-0.15, -0.1) is 0 Å². The van der Waals surface area contributed by atoms with Crippen molar-refractivity contribution in [3.8, 4) is 6.07 Å². The van der Waals surface area contributed by atoms with Crippen molar-refractivity contribution in [1.82, 2.24) is 0 Å². The summed E-state index contributed by atoms with van der Waals surface area (Å²) in [6.45, 7) is 0.828. The lowest BCUT2D eigenvalue weighted by atomic mass is 10.1. The number of amides is 1. The molecule has 11 heteroatoms. The number of carbonyl (C=O) groups excluding carboxylic acids is 1. The van der Waals surface area contributed by atoms with Gasteiger partial charge in [-0.05, 0) is 37.3 Å². The van der Waals surface area contributed by atoms with Crippen molar-refractivity contribution in [2.75, 3.05) is 11.1 Å². The predicted octanol–water partition coefficient (Wildman–Crippen LogP) is 2.88. The highest BCUT2D eigenvalue weighted by Crippen LogP contribution is 2.33. The van der Waals surface area contributed by atoms with Gasteiger partial charge in [0.1, 0.15) is 10.7 Å². The minimum absolute atomic E-state index is 0.412. The third-order valence-corrected chi connectivity index (χ3v) is 5.78. The first-order chi connectivity index (χ1) is 13.3. The van der Waals surface area contributed by atoms with E-state index < -0.39 is 60.8 Å². The SMILES string of the molecule is C[C@@](O)(CS(=O)(=O)c1ccccc1F)C(=O)Nc1ccc(C#N)c(C(F)(F)F)c1. The predicted molar refractivity (Wildman–Crippen MR) is 93.9 cm³/mol. The number of sulfone groups is 1. The van der Waals surface area contributed by atoms with Gasteiger partial charge in [-0.25, -0.2) is 12.8 Å². The average Bonchev–Trinajstić information content (AvgIpc) is 2.60. The molecule has 0 radical (unpaired) electrons. The molecule has 0 aliphatic heterocycles. The van der Waals surface area contributed by atoms with E-state index in [2.05, 4.69) is 0 Å². The topological polar surface area (TPSA) is 107 Å². The maximum atomic E-state index is 13.7. The molecule has 0 saturated carbocycles. The highest BCUT2D eigenvalue weighted by atomic mass is 32.2. The summed E-state index contributed by atoms with van der Waals surface area (Å²) in [4.78, 5) is 11.5. The second kappa shape index (κ2) is 7.81. The van der Waals surface area contributed by atoms with Crippen LogP contribution in [0, 0.1) is 17.1 Å². The lowest BCUT2D eigenvalue weighted by molar-refractivity contribution is -0.137. The van der Waals surface area contributed by atoms with Gasteiger partial charge in [-0.2, -0.15) is 18.4 Å². The van der Waals surface area contributed by atoms with Crippen LogP contribution < -0.4 is 5.32 Å². The molecule has 0 unspecified atom stereocenters. The Bertz CT molecular complexity index is 1090. The monoisotopic (exact) mass is 430 g/mol. The fourth-order valence-corrected chi connectivity index (χ4v) is 4.11. The Morgan fingerprint density at radius 1 is 1.21 bits per heavy atom. The van der Waals surface area contributed by atoms with E-state index in [1.54, 1.807) is 0 Å². The average molecular weight is 430 g/mol. The molecule has 0 aliphatic carbocycles. The highest BCUT2D eigenvalue weighted by Gasteiger charge is 2.38. The zero-order valence-electron chi connectivity index (χ0n) is 14.8. The summed E-state index contributed by atoms with van der Waals surface area (Å²) in [5.41, 5.74) is -4.99. The number of nitrogens with zero attached hydrogens (tertiary/aromatic N) is 1. The Labute approximate surface area is 163 Å². The van der Waals surface area contributed by atoms with Gasteiger partial charge in [0, 0.05) is 5.69 Å². The number of rotatable bonds is 5. The maximum Gasteiger partial charge on any atom is 0.417 e. The van der Waals surface area contributed by atoms with Crippen LogP contribution in [0.3, 0.4) is 0 Å². The molecule has 154 valence electrons. The number of benzene rings is 2. The van der Waals surface area contributed by atoms with Crippen molar-refractivity contribution in [2.45, 2.75) is 23.6 Å². The summed E-state index contributed by atoms with van der Waals surface area (Å²) in [6, 6.07) is 8.01. The molecule has 0 spiro atoms. The number of alkyl halides is 3. The first-order valence-electron chi connectivity index (χ1n) is 7.90. The van der Waals surface area contributed by atoms with E-state index in [4.69, 9.17) is 5.26 Å². The molecule has 0 aliphatic rings. The molecule has 0 fully saturated rings. The number of aliphatic hydroxyl groups is 1. The third-order valence-electron chi connectivity index (χ3n) is 3.84. The second-order valence-electron chi connectivity index (χ2n) is 6.29. The van der Waals surface area contributed by atoms with Gasteiger partial charge < -0.3 is 10.4 Å². The normalized spacial score (nSPS) is 14.0. The molecule has 0 aromatic heterocycles. The van der Waals surface area contributed by atoms with Gasteiger partial charge in [0.15, 0.2) is 15.4 Å². The molecule has 0 saturated heterocycles. The van der Waals surface area contributed by atoms with Crippen LogP contribution in [0.1, 0.15) is 18.1 Å². The van der Waals surface area contributed by atoms with E-state index in [1.165, 1.54) is 18.2 Å². The smallest absolute Gasteiger partial charge is 0.379 e. The second-order valence-corrected chi connectivity index (χ2v) is 8.25. The highest BCUT2D eigenvalue weighted by molar-refractivity contribution is 7.91. The molecule has 2 rings (SSSR count). The zero-order chi connectivity index (χ0) is 22.0. The van der Waals surface area contributed by atoms with Gasteiger partial charge in [0.2, 0.25) is 0 Å². The Balaban J connectivity index is 2.28. The number of hydrogen-bond donors (Lipinski definition) is 2. The summed E-state index contributed by atoms with van der Waals surface area (Å²) in [5.74, 6) is -3.62. The maximum absolute atomic E-state index is 13.7. The van der Waals surface area contributed by atoms with Crippen LogP contribution in [0.5, 0.6) is 0 Å². The van der Waals surface area contributed by atoms with E-state index in [9.17, 15) is 35.9 Å². The van der Waals surface area contributed by atoms with Gasteiger partial charge in [-0.1, -0.05) is 12.1 Å². The first kappa shape index (κ1) is 22.3. The van der Waals surface area contributed by atoms with Gasteiger partial charge >= 0.3 is 6.18 Å². The van der Waals surface area contributed by atoms with Crippen LogP contribution in [-0.4, -0.2) is 30.8 Å². The molecule has 0 bridgehead atoms. The van der Waals surface area contributed by atoms with E-state index in [0.29, 0.717) is 6.07 Å². The largest absolute Gasteiger partial charge is 0.417 e. The van der Waals surface area contributed by atoms with Crippen molar-refractivity contribution in [2.24, 2.45) is 0 Å². The van der Waals surface area contributed by atoms with Crippen LogP contribution in [0.25, 0.3) is 0 Å². The molecule has 6 nitrogen and oxygen atoms in total. The van der Waals surface area contributed by atoms with Crippen molar-refractivity contribution in [1.29, 1.82) is 5.26 Å². The number of anilines is 1. The molecule has 2 N–H and O–H groups in total. The van der Waals surface area contributed by atoms with E-state index in [-0.39, 0.29) is 0 Å². The van der Waals surface area contributed by atoms with Gasteiger partial charge in [0.25, 0.3) is 5.91 Å². The number of hydrogen-bond acceptors (Lipinski definition) is 5. The molecule has 29 heavy (non-hydrogen) atoms. The summed E-state index contributed by atoms with van der Waals surface area (Å²) in [5, 5.41) is 21.0. The molecular formula is C18H14F4N2O4S. The number of nitriles is 1. The van der Waals surface area contributed by atoms with Crippen LogP contribution >= 0.6 is 0 Å². The Morgan fingerprint density at radius 3 is 2.38 bits per heavy atom. The van der Waals surface area contributed by atoms with Crippen molar-refractivity contribution < 1.29 is 35.9 Å². The molecule has 2 aromatic carbocycles. The van der Waals surface area contributed by atoms with E-state index in [0.717, 1.165) is 31.2 Å². The van der Waals surface area contributed by atoms with Gasteiger partial charge in [0.05, 0.1) is 22.9 Å². The zero-order valence-corrected chi connectivity index (χ0v) is 15.6. The summed E-state index contributed by atoms with van der Waals surface area (Å²) in [6.07, 6.45) is -4.87. The molecule has 0 heterocycles. The number of halogens is 4. The van der Waals surface area contributed by atoms with Crippen LogP contribution in [-0.2, 0) is 20.8 Å². The fourth-order valence-electron chi connectivity index (χ4n) is 2.43. The lowest BCUT2D eigenvalue weighted by Crippen LogP contribution is -2.46. The molecule has 1 atom stereocenters. The Kier molecular flexibility index (Phi) is 6.01. The summed E-state index contributed by atoms with van der Waals surface area (Å²) < 4.78 is 77.4. The van der Waals surface area contributed by atoms with Crippen molar-refractivity contribution >= 4 is 21.4 Å². The minimum atomic E-state index is -4.87. The number of carbonyl (C=O) groups is 1. The van der Waals surface area contributed by atoms with Crippen LogP contribution in [0.15, 0.2) is 47.4 Å². The Hall–Kier alpha value is -2.97. The van der Waals surface area contributed by atoms with Crippen molar-refractivity contribution in [3.05, 3.63) is 59.4 Å². The molecular weight excluding hydrogens is 416 g/mol. The third kappa shape index (κ3) is 5.10. The van der Waals surface area contributed by atoms with E-state index in [1.807, 2.05) is 5.32 Å².